The van der Waals surface area contributed by atoms with Gasteiger partial charge in [0.2, 0.25) is 11.8 Å². The van der Waals surface area contributed by atoms with Gasteiger partial charge in [-0.05, 0) is 49.2 Å². The first-order valence-electron chi connectivity index (χ1n) is 7.98. The Hall–Kier alpha value is -2.04. The number of nitrogens with one attached hydrogen (secondary N) is 1. The minimum Gasteiger partial charge on any atom is -0.326 e. The number of benzene rings is 2. The van der Waals surface area contributed by atoms with Crippen LogP contribution in [0.25, 0.3) is 0 Å². The molecule has 2 aromatic rings. The Labute approximate surface area is 156 Å². The van der Waals surface area contributed by atoms with Crippen LogP contribution < -0.4 is 10.2 Å². The van der Waals surface area contributed by atoms with Crippen LogP contribution in [0.5, 0.6) is 0 Å². The van der Waals surface area contributed by atoms with Crippen LogP contribution in [0.2, 0.25) is 10.0 Å². The minimum atomic E-state index is -0.427. The Bertz CT molecular complexity index is 831. The summed E-state index contributed by atoms with van der Waals surface area (Å²) < 4.78 is 0. The summed E-state index contributed by atoms with van der Waals surface area (Å²) in [5, 5.41) is 3.62. The van der Waals surface area contributed by atoms with E-state index in [-0.39, 0.29) is 24.8 Å². The monoisotopic (exact) mass is 376 g/mol. The maximum atomic E-state index is 12.6. The molecule has 1 aliphatic heterocycles. The second kappa shape index (κ2) is 7.06. The number of rotatable bonds is 3. The van der Waals surface area contributed by atoms with Crippen LogP contribution >= 0.6 is 23.2 Å². The van der Waals surface area contributed by atoms with Crippen molar-refractivity contribution >= 4 is 46.4 Å². The van der Waals surface area contributed by atoms with Gasteiger partial charge in [0.25, 0.3) is 0 Å². The standard InChI is InChI=1S/C19H18Cl2N2O2/c1-11-6-12(2)8-14(7-11)22-19(25)13-9-17(24)23(10-13)16-5-3-4-15(20)18(16)21/h3-8,13H,9-10H2,1-2H3,(H,22,25)/t13-/m1/s1. The summed E-state index contributed by atoms with van der Waals surface area (Å²) in [6.07, 6.45) is 0.152. The Morgan fingerprint density at radius 2 is 1.84 bits per heavy atom. The van der Waals surface area contributed by atoms with Gasteiger partial charge in [0.05, 0.1) is 21.7 Å². The van der Waals surface area contributed by atoms with Crippen molar-refractivity contribution < 1.29 is 9.59 Å². The molecule has 1 saturated heterocycles. The summed E-state index contributed by atoms with van der Waals surface area (Å²) in [6, 6.07) is 11.0. The lowest BCUT2D eigenvalue weighted by atomic mass is 10.1. The molecule has 0 saturated carbocycles. The molecule has 0 bridgehead atoms. The molecule has 6 heteroatoms. The van der Waals surface area contributed by atoms with E-state index in [9.17, 15) is 9.59 Å². The van der Waals surface area contributed by atoms with Crippen LogP contribution in [0.3, 0.4) is 0 Å². The van der Waals surface area contributed by atoms with Gasteiger partial charge in [-0.1, -0.05) is 35.3 Å². The molecular formula is C19H18Cl2N2O2. The molecule has 4 nitrogen and oxygen atoms in total. The van der Waals surface area contributed by atoms with Crippen LogP contribution in [0.4, 0.5) is 11.4 Å². The quantitative estimate of drug-likeness (QED) is 0.850. The molecule has 1 heterocycles. The Morgan fingerprint density at radius 1 is 1.16 bits per heavy atom. The van der Waals surface area contributed by atoms with Crippen LogP contribution in [0.15, 0.2) is 36.4 Å². The highest BCUT2D eigenvalue weighted by molar-refractivity contribution is 6.44. The maximum Gasteiger partial charge on any atom is 0.229 e. The molecule has 0 spiro atoms. The van der Waals surface area contributed by atoms with Gasteiger partial charge in [-0.2, -0.15) is 0 Å². The van der Waals surface area contributed by atoms with Crippen LogP contribution in [-0.4, -0.2) is 18.4 Å². The molecule has 1 atom stereocenters. The van der Waals surface area contributed by atoms with E-state index in [1.165, 1.54) is 4.90 Å². The summed E-state index contributed by atoms with van der Waals surface area (Å²) >= 11 is 12.2. The normalized spacial score (nSPS) is 17.0. The molecule has 2 aromatic carbocycles. The van der Waals surface area contributed by atoms with Crippen molar-refractivity contribution in [3.05, 3.63) is 57.6 Å². The molecule has 0 radical (unpaired) electrons. The molecule has 1 N–H and O–H groups in total. The predicted molar refractivity (Wildman–Crippen MR) is 101 cm³/mol. The van der Waals surface area contributed by atoms with Crippen molar-refractivity contribution in [2.45, 2.75) is 20.3 Å². The van der Waals surface area contributed by atoms with Gasteiger partial charge in [-0.3, -0.25) is 9.59 Å². The summed E-state index contributed by atoms with van der Waals surface area (Å²) in [4.78, 5) is 26.4. The smallest absolute Gasteiger partial charge is 0.229 e. The fraction of sp³-hybridized carbons (Fsp3) is 0.263. The van der Waals surface area contributed by atoms with Crippen molar-refractivity contribution in [1.82, 2.24) is 0 Å². The predicted octanol–water partition coefficient (Wildman–Crippen LogP) is 4.60. The fourth-order valence-electron chi connectivity index (χ4n) is 3.11. The van der Waals surface area contributed by atoms with Crippen LogP contribution in [0.1, 0.15) is 17.5 Å². The van der Waals surface area contributed by atoms with Gasteiger partial charge in [-0.15, -0.1) is 0 Å². The minimum absolute atomic E-state index is 0.135. The maximum absolute atomic E-state index is 12.6. The number of hydrogen-bond acceptors (Lipinski definition) is 2. The first kappa shape index (κ1) is 17.8. The van der Waals surface area contributed by atoms with Crippen molar-refractivity contribution in [2.24, 2.45) is 5.92 Å². The van der Waals surface area contributed by atoms with Crippen molar-refractivity contribution in [3.63, 3.8) is 0 Å². The van der Waals surface area contributed by atoms with Crippen molar-refractivity contribution in [1.29, 1.82) is 0 Å². The molecule has 1 aliphatic rings. The van der Waals surface area contributed by atoms with E-state index in [0.29, 0.717) is 15.7 Å². The summed E-state index contributed by atoms with van der Waals surface area (Å²) in [6.45, 7) is 4.24. The number of hydrogen-bond donors (Lipinski definition) is 1. The van der Waals surface area contributed by atoms with E-state index < -0.39 is 5.92 Å². The third-order valence-corrected chi connectivity index (χ3v) is 5.02. The molecule has 130 valence electrons. The molecule has 2 amide bonds. The Morgan fingerprint density at radius 3 is 2.52 bits per heavy atom. The van der Waals surface area contributed by atoms with Crippen molar-refractivity contribution in [2.75, 3.05) is 16.8 Å². The van der Waals surface area contributed by atoms with E-state index in [2.05, 4.69) is 5.32 Å². The van der Waals surface area contributed by atoms with E-state index in [1.54, 1.807) is 18.2 Å². The first-order valence-corrected chi connectivity index (χ1v) is 8.74. The zero-order chi connectivity index (χ0) is 18.1. The van der Waals surface area contributed by atoms with E-state index >= 15 is 0 Å². The lowest BCUT2D eigenvalue weighted by Gasteiger charge is -2.18. The third-order valence-electron chi connectivity index (χ3n) is 4.21. The van der Waals surface area contributed by atoms with Crippen molar-refractivity contribution in [3.8, 4) is 0 Å². The average Bonchev–Trinajstić information content (AvgIpc) is 2.91. The number of aryl methyl sites for hydroxylation is 2. The Kier molecular flexibility index (Phi) is 5.02. The summed E-state index contributed by atoms with van der Waals surface area (Å²) in [7, 11) is 0. The summed E-state index contributed by atoms with van der Waals surface area (Å²) in [5.41, 5.74) is 3.44. The lowest BCUT2D eigenvalue weighted by Crippen LogP contribution is -2.28. The largest absolute Gasteiger partial charge is 0.326 e. The number of nitrogens with zero attached hydrogens (tertiary/aromatic N) is 1. The van der Waals surface area contributed by atoms with E-state index in [0.717, 1.165) is 16.8 Å². The number of halogens is 2. The lowest BCUT2D eigenvalue weighted by molar-refractivity contribution is -0.122. The van der Waals surface area contributed by atoms with E-state index in [1.807, 2.05) is 32.0 Å². The molecule has 0 unspecified atom stereocenters. The second-order valence-electron chi connectivity index (χ2n) is 6.34. The second-order valence-corrected chi connectivity index (χ2v) is 7.13. The van der Waals surface area contributed by atoms with Gasteiger partial charge in [0.15, 0.2) is 0 Å². The number of anilines is 2. The van der Waals surface area contributed by atoms with Gasteiger partial charge >= 0.3 is 0 Å². The highest BCUT2D eigenvalue weighted by Crippen LogP contribution is 2.35. The average molecular weight is 377 g/mol. The van der Waals surface area contributed by atoms with Gasteiger partial charge in [0.1, 0.15) is 0 Å². The topological polar surface area (TPSA) is 49.4 Å². The molecule has 1 fully saturated rings. The number of carbonyl (C=O) groups is 2. The van der Waals surface area contributed by atoms with Gasteiger partial charge in [0, 0.05) is 18.7 Å². The molecule has 25 heavy (non-hydrogen) atoms. The first-order chi connectivity index (χ1) is 11.8. The molecular weight excluding hydrogens is 359 g/mol. The molecule has 0 aromatic heterocycles. The highest BCUT2D eigenvalue weighted by Gasteiger charge is 2.36. The molecule has 0 aliphatic carbocycles. The van der Waals surface area contributed by atoms with Crippen LogP contribution in [0, 0.1) is 19.8 Å². The number of amides is 2. The third kappa shape index (κ3) is 3.80. The van der Waals surface area contributed by atoms with Gasteiger partial charge < -0.3 is 10.2 Å². The zero-order valence-corrected chi connectivity index (χ0v) is 15.5. The molecule has 3 rings (SSSR count). The van der Waals surface area contributed by atoms with E-state index in [4.69, 9.17) is 23.2 Å². The summed E-state index contributed by atoms with van der Waals surface area (Å²) in [5.74, 6) is -0.730. The zero-order valence-electron chi connectivity index (χ0n) is 14.0. The van der Waals surface area contributed by atoms with Gasteiger partial charge in [-0.25, -0.2) is 0 Å². The fourth-order valence-corrected chi connectivity index (χ4v) is 3.51. The highest BCUT2D eigenvalue weighted by atomic mass is 35.5. The number of carbonyl (C=O) groups excluding carboxylic acids is 2. The van der Waals surface area contributed by atoms with Crippen LogP contribution in [-0.2, 0) is 9.59 Å². The Balaban J connectivity index is 1.75. The SMILES string of the molecule is Cc1cc(C)cc(NC(=O)[C@@H]2CC(=O)N(c3cccc(Cl)c3Cl)C2)c1.